The maximum absolute atomic E-state index is 12.6. The van der Waals surface area contributed by atoms with Crippen molar-refractivity contribution in [2.24, 2.45) is 5.41 Å². The predicted molar refractivity (Wildman–Crippen MR) is 90.1 cm³/mol. The van der Waals surface area contributed by atoms with E-state index in [0.717, 1.165) is 18.6 Å². The SMILES string of the molecule is CCCCOC(=O)C(CC)(CC)C(=O)OCc1ccc(C(F)(F)F)cc1. The van der Waals surface area contributed by atoms with Crippen molar-refractivity contribution in [3.8, 4) is 0 Å². The molecule has 0 saturated heterocycles. The number of rotatable bonds is 9. The van der Waals surface area contributed by atoms with E-state index in [0.29, 0.717) is 12.0 Å². The van der Waals surface area contributed by atoms with E-state index in [2.05, 4.69) is 0 Å². The molecule has 0 radical (unpaired) electrons. The van der Waals surface area contributed by atoms with Crippen molar-refractivity contribution >= 4 is 11.9 Å². The average molecular weight is 374 g/mol. The van der Waals surface area contributed by atoms with Crippen molar-refractivity contribution in [2.45, 2.75) is 59.2 Å². The fourth-order valence-electron chi connectivity index (χ4n) is 2.44. The summed E-state index contributed by atoms with van der Waals surface area (Å²) in [5.41, 5.74) is -1.75. The highest BCUT2D eigenvalue weighted by Crippen LogP contribution is 2.31. The first-order chi connectivity index (χ1) is 12.2. The first-order valence-corrected chi connectivity index (χ1v) is 8.71. The zero-order valence-corrected chi connectivity index (χ0v) is 15.3. The molecule has 0 aromatic heterocycles. The molecule has 146 valence electrons. The third-order valence-electron chi connectivity index (χ3n) is 4.37. The molecule has 0 aliphatic rings. The molecule has 0 spiro atoms. The number of hydrogen-bond acceptors (Lipinski definition) is 4. The van der Waals surface area contributed by atoms with Gasteiger partial charge in [0.1, 0.15) is 6.61 Å². The molecule has 1 aromatic rings. The van der Waals surface area contributed by atoms with E-state index in [1.807, 2.05) is 6.92 Å². The molecule has 0 aliphatic carbocycles. The molecule has 4 nitrogen and oxygen atoms in total. The largest absolute Gasteiger partial charge is 0.465 e. The second-order valence-electron chi connectivity index (χ2n) is 6.05. The van der Waals surface area contributed by atoms with E-state index in [1.54, 1.807) is 13.8 Å². The highest BCUT2D eigenvalue weighted by Gasteiger charge is 2.45. The number of hydrogen-bond donors (Lipinski definition) is 0. The lowest BCUT2D eigenvalue weighted by Crippen LogP contribution is -2.41. The van der Waals surface area contributed by atoms with Gasteiger partial charge in [-0.15, -0.1) is 0 Å². The molecular formula is C19H25F3O4. The van der Waals surface area contributed by atoms with Crippen LogP contribution in [0.4, 0.5) is 13.2 Å². The van der Waals surface area contributed by atoms with Crippen LogP contribution in [0, 0.1) is 5.41 Å². The van der Waals surface area contributed by atoms with Crippen LogP contribution in [-0.2, 0) is 31.8 Å². The van der Waals surface area contributed by atoms with E-state index in [1.165, 1.54) is 12.1 Å². The van der Waals surface area contributed by atoms with Crippen LogP contribution in [0.25, 0.3) is 0 Å². The Hall–Kier alpha value is -2.05. The molecule has 0 fully saturated rings. The third-order valence-corrected chi connectivity index (χ3v) is 4.37. The molecule has 0 unspecified atom stereocenters. The van der Waals surface area contributed by atoms with E-state index in [-0.39, 0.29) is 26.1 Å². The van der Waals surface area contributed by atoms with Crippen molar-refractivity contribution < 1.29 is 32.2 Å². The minimum Gasteiger partial charge on any atom is -0.465 e. The summed E-state index contributed by atoms with van der Waals surface area (Å²) in [4.78, 5) is 24.9. The minimum absolute atomic E-state index is 0.207. The van der Waals surface area contributed by atoms with Crippen LogP contribution in [0.5, 0.6) is 0 Å². The van der Waals surface area contributed by atoms with Crippen LogP contribution in [0.2, 0.25) is 0 Å². The maximum atomic E-state index is 12.6. The Morgan fingerprint density at radius 3 is 1.92 bits per heavy atom. The zero-order chi connectivity index (χ0) is 19.8. The van der Waals surface area contributed by atoms with Crippen LogP contribution in [0.3, 0.4) is 0 Å². The molecule has 7 heteroatoms. The Kier molecular flexibility index (Phi) is 8.11. The van der Waals surface area contributed by atoms with Crippen molar-refractivity contribution in [2.75, 3.05) is 6.61 Å². The highest BCUT2D eigenvalue weighted by molar-refractivity contribution is 5.99. The number of esters is 2. The summed E-state index contributed by atoms with van der Waals surface area (Å²) >= 11 is 0. The normalized spacial score (nSPS) is 11.9. The summed E-state index contributed by atoms with van der Waals surface area (Å²) in [7, 11) is 0. The van der Waals surface area contributed by atoms with Gasteiger partial charge in [0.15, 0.2) is 5.41 Å². The maximum Gasteiger partial charge on any atom is 0.416 e. The number of unbranched alkanes of at least 4 members (excludes halogenated alkanes) is 1. The monoisotopic (exact) mass is 374 g/mol. The fourth-order valence-corrected chi connectivity index (χ4v) is 2.44. The summed E-state index contributed by atoms with van der Waals surface area (Å²) in [6.07, 6.45) is -2.41. The molecule has 1 aromatic carbocycles. The third kappa shape index (κ3) is 5.47. The van der Waals surface area contributed by atoms with Crippen LogP contribution in [0.1, 0.15) is 57.6 Å². The highest BCUT2D eigenvalue weighted by atomic mass is 19.4. The number of carbonyl (C=O) groups is 2. The number of alkyl halides is 3. The summed E-state index contributed by atoms with van der Waals surface area (Å²) in [5, 5.41) is 0. The molecule has 0 amide bonds. The second kappa shape index (κ2) is 9.59. The Bertz CT molecular complexity index is 590. The minimum atomic E-state index is -4.42. The van der Waals surface area contributed by atoms with Crippen LogP contribution in [0.15, 0.2) is 24.3 Å². The molecule has 1 rings (SSSR count). The molecule has 0 bridgehead atoms. The Morgan fingerprint density at radius 2 is 1.46 bits per heavy atom. The molecular weight excluding hydrogens is 349 g/mol. The molecule has 0 atom stereocenters. The Balaban J connectivity index is 2.77. The number of halogens is 3. The summed E-state index contributed by atoms with van der Waals surface area (Å²) < 4.78 is 48.1. The molecule has 0 aliphatic heterocycles. The van der Waals surface area contributed by atoms with E-state index < -0.39 is 29.1 Å². The van der Waals surface area contributed by atoms with Crippen molar-refractivity contribution in [1.29, 1.82) is 0 Å². The van der Waals surface area contributed by atoms with Crippen molar-refractivity contribution in [3.63, 3.8) is 0 Å². The van der Waals surface area contributed by atoms with Crippen molar-refractivity contribution in [1.82, 2.24) is 0 Å². The first kappa shape index (κ1) is 22.0. The zero-order valence-electron chi connectivity index (χ0n) is 15.3. The summed E-state index contributed by atoms with van der Waals surface area (Å²) in [6, 6.07) is 4.34. The predicted octanol–water partition coefficient (Wildman–Crippen LogP) is 4.90. The van der Waals surface area contributed by atoms with Crippen molar-refractivity contribution in [3.05, 3.63) is 35.4 Å². The lowest BCUT2D eigenvalue weighted by atomic mass is 9.82. The summed E-state index contributed by atoms with van der Waals surface area (Å²) in [5.74, 6) is -1.34. The van der Waals surface area contributed by atoms with Gasteiger partial charge < -0.3 is 9.47 Å². The summed E-state index contributed by atoms with van der Waals surface area (Å²) in [6.45, 7) is 5.39. The molecule has 26 heavy (non-hydrogen) atoms. The number of benzene rings is 1. The molecule has 0 heterocycles. The van der Waals surface area contributed by atoms with Gasteiger partial charge in [0.25, 0.3) is 0 Å². The van der Waals surface area contributed by atoms with Crippen LogP contribution < -0.4 is 0 Å². The van der Waals surface area contributed by atoms with Gasteiger partial charge in [-0.3, -0.25) is 9.59 Å². The lowest BCUT2D eigenvalue weighted by molar-refractivity contribution is -0.174. The smallest absolute Gasteiger partial charge is 0.416 e. The van der Waals surface area contributed by atoms with Gasteiger partial charge in [0.2, 0.25) is 0 Å². The Labute approximate surface area is 151 Å². The number of carbonyl (C=O) groups excluding carboxylic acids is 2. The van der Waals surface area contributed by atoms with Gasteiger partial charge in [-0.1, -0.05) is 39.3 Å². The van der Waals surface area contributed by atoms with Gasteiger partial charge in [0, 0.05) is 0 Å². The average Bonchev–Trinajstić information content (AvgIpc) is 2.61. The fraction of sp³-hybridized carbons (Fsp3) is 0.579. The van der Waals surface area contributed by atoms with Gasteiger partial charge in [-0.2, -0.15) is 13.2 Å². The first-order valence-electron chi connectivity index (χ1n) is 8.71. The quantitative estimate of drug-likeness (QED) is 0.351. The van der Waals surface area contributed by atoms with Gasteiger partial charge in [0.05, 0.1) is 12.2 Å². The number of ether oxygens (including phenoxy) is 2. The van der Waals surface area contributed by atoms with Gasteiger partial charge in [-0.05, 0) is 37.0 Å². The van der Waals surface area contributed by atoms with E-state index in [4.69, 9.17) is 9.47 Å². The standard InChI is InChI=1S/C19H25F3O4/c1-4-7-12-25-16(23)18(5-2,6-3)17(24)26-13-14-8-10-15(11-9-14)19(20,21)22/h8-11H,4-7,12-13H2,1-3H3. The van der Waals surface area contributed by atoms with E-state index >= 15 is 0 Å². The van der Waals surface area contributed by atoms with Gasteiger partial charge in [-0.25, -0.2) is 0 Å². The lowest BCUT2D eigenvalue weighted by Gasteiger charge is -2.27. The molecule has 0 saturated carbocycles. The van der Waals surface area contributed by atoms with Crippen LogP contribution >= 0.6 is 0 Å². The Morgan fingerprint density at radius 1 is 0.923 bits per heavy atom. The molecule has 0 N–H and O–H groups in total. The second-order valence-corrected chi connectivity index (χ2v) is 6.05. The van der Waals surface area contributed by atoms with Crippen LogP contribution in [-0.4, -0.2) is 18.5 Å². The van der Waals surface area contributed by atoms with Gasteiger partial charge >= 0.3 is 18.1 Å². The topological polar surface area (TPSA) is 52.6 Å². The van der Waals surface area contributed by atoms with E-state index in [9.17, 15) is 22.8 Å².